The highest BCUT2D eigenvalue weighted by Gasteiger charge is 2.36. The van der Waals surface area contributed by atoms with Gasteiger partial charge >= 0.3 is 0 Å². The number of carbonyl (C=O) groups excluding carboxylic acids is 1. The molecule has 1 saturated heterocycles. The Labute approximate surface area is 112 Å². The van der Waals surface area contributed by atoms with Crippen LogP contribution in [0.4, 0.5) is 0 Å². The Kier molecular flexibility index (Phi) is 3.15. The number of hydrogen-bond donors (Lipinski definition) is 1. The van der Waals surface area contributed by atoms with Crippen LogP contribution in [-0.4, -0.2) is 19.4 Å². The fraction of sp³-hybridized carbons (Fsp3) is 0.188. The highest BCUT2D eigenvalue weighted by molar-refractivity contribution is 5.70. The molecule has 1 N–H and O–H groups in total. The van der Waals surface area contributed by atoms with Crippen molar-refractivity contribution in [1.29, 1.82) is 0 Å². The van der Waals surface area contributed by atoms with Crippen molar-refractivity contribution in [3.8, 4) is 11.1 Å². The third-order valence-electron chi connectivity index (χ3n) is 3.38. The van der Waals surface area contributed by atoms with Crippen LogP contribution in [-0.2, 0) is 15.3 Å². The first-order valence-corrected chi connectivity index (χ1v) is 6.35. The molecule has 0 saturated carbocycles. The van der Waals surface area contributed by atoms with Gasteiger partial charge in [0.05, 0.1) is 6.61 Å². The third kappa shape index (κ3) is 2.18. The molecule has 2 aromatic carbocycles. The van der Waals surface area contributed by atoms with Crippen molar-refractivity contribution in [2.75, 3.05) is 13.2 Å². The van der Waals surface area contributed by atoms with Crippen LogP contribution in [0.25, 0.3) is 11.1 Å². The van der Waals surface area contributed by atoms with Gasteiger partial charge in [-0.25, -0.2) is 0 Å². The molecule has 1 aliphatic rings. The van der Waals surface area contributed by atoms with Gasteiger partial charge < -0.3 is 4.74 Å². The van der Waals surface area contributed by atoms with Crippen LogP contribution in [0.15, 0.2) is 54.6 Å². The van der Waals surface area contributed by atoms with E-state index in [9.17, 15) is 4.79 Å². The van der Waals surface area contributed by atoms with Crippen molar-refractivity contribution in [3.63, 3.8) is 0 Å². The second-order valence-electron chi connectivity index (χ2n) is 4.58. The van der Waals surface area contributed by atoms with Gasteiger partial charge in [0.25, 0.3) is 0 Å². The molecule has 1 atom stereocenters. The van der Waals surface area contributed by atoms with Gasteiger partial charge in [-0.15, -0.1) is 0 Å². The van der Waals surface area contributed by atoms with Gasteiger partial charge in [0.15, 0.2) is 6.29 Å². The van der Waals surface area contributed by atoms with E-state index in [1.807, 2.05) is 42.5 Å². The summed E-state index contributed by atoms with van der Waals surface area (Å²) >= 11 is 0. The van der Waals surface area contributed by atoms with Crippen molar-refractivity contribution in [1.82, 2.24) is 5.32 Å². The minimum absolute atomic E-state index is 0.550. The first kappa shape index (κ1) is 12.1. The predicted molar refractivity (Wildman–Crippen MR) is 73.6 cm³/mol. The molecular weight excluding hydrogens is 238 g/mol. The Bertz CT molecular complexity index is 574. The molecule has 0 spiro atoms. The first-order chi connectivity index (χ1) is 9.34. The lowest BCUT2D eigenvalue weighted by atomic mass is 9.98. The monoisotopic (exact) mass is 253 g/mol. The summed E-state index contributed by atoms with van der Waals surface area (Å²) in [5.41, 5.74) is 2.08. The van der Waals surface area contributed by atoms with Crippen LogP contribution >= 0.6 is 0 Å². The van der Waals surface area contributed by atoms with E-state index in [0.29, 0.717) is 13.2 Å². The summed E-state index contributed by atoms with van der Waals surface area (Å²) in [6.45, 7) is 1.24. The number of rotatable bonds is 3. The van der Waals surface area contributed by atoms with E-state index in [-0.39, 0.29) is 0 Å². The molecule has 0 amide bonds. The standard InChI is InChI=1S/C16H15NO2/c18-12-16(17-9-10-19-16)15-8-4-7-14(11-15)13-5-2-1-3-6-13/h1-8,11-12,17H,9-10H2. The Hall–Kier alpha value is -1.97. The van der Waals surface area contributed by atoms with Gasteiger partial charge in [-0.05, 0) is 17.2 Å². The summed E-state index contributed by atoms with van der Waals surface area (Å²) in [6, 6.07) is 18.0. The number of aldehydes is 1. The minimum Gasteiger partial charge on any atom is -0.348 e. The Morgan fingerprint density at radius 2 is 1.84 bits per heavy atom. The maximum atomic E-state index is 11.4. The van der Waals surface area contributed by atoms with Crippen LogP contribution in [0.2, 0.25) is 0 Å². The van der Waals surface area contributed by atoms with Crippen molar-refractivity contribution in [2.45, 2.75) is 5.72 Å². The van der Waals surface area contributed by atoms with Gasteiger partial charge in [-0.1, -0.05) is 48.5 Å². The van der Waals surface area contributed by atoms with E-state index in [4.69, 9.17) is 4.74 Å². The lowest BCUT2D eigenvalue weighted by Gasteiger charge is -2.22. The number of carbonyl (C=O) groups is 1. The normalized spacial score (nSPS) is 22.3. The summed E-state index contributed by atoms with van der Waals surface area (Å²) in [5.74, 6) is 0. The average molecular weight is 253 g/mol. The molecule has 96 valence electrons. The molecule has 19 heavy (non-hydrogen) atoms. The summed E-state index contributed by atoms with van der Waals surface area (Å²) < 4.78 is 5.59. The van der Waals surface area contributed by atoms with Crippen LogP contribution in [0.5, 0.6) is 0 Å². The Morgan fingerprint density at radius 3 is 2.53 bits per heavy atom. The molecule has 0 aromatic heterocycles. The summed E-state index contributed by atoms with van der Waals surface area (Å²) in [7, 11) is 0. The van der Waals surface area contributed by atoms with Crippen molar-refractivity contribution >= 4 is 6.29 Å². The first-order valence-electron chi connectivity index (χ1n) is 6.35. The number of ether oxygens (including phenoxy) is 1. The maximum absolute atomic E-state index is 11.4. The van der Waals surface area contributed by atoms with Gasteiger partial charge in [0, 0.05) is 12.1 Å². The van der Waals surface area contributed by atoms with Crippen LogP contribution in [0.3, 0.4) is 0 Å². The van der Waals surface area contributed by atoms with Gasteiger partial charge in [0.1, 0.15) is 0 Å². The largest absolute Gasteiger partial charge is 0.348 e. The third-order valence-corrected chi connectivity index (χ3v) is 3.38. The molecule has 1 unspecified atom stereocenters. The molecule has 0 radical (unpaired) electrons. The fourth-order valence-corrected chi connectivity index (χ4v) is 2.39. The quantitative estimate of drug-likeness (QED) is 0.853. The molecule has 3 heteroatoms. The molecular formula is C16H15NO2. The Balaban J connectivity index is 2.03. The van der Waals surface area contributed by atoms with Crippen molar-refractivity contribution in [3.05, 3.63) is 60.2 Å². The van der Waals surface area contributed by atoms with Crippen LogP contribution in [0.1, 0.15) is 5.56 Å². The topological polar surface area (TPSA) is 38.3 Å². The van der Waals surface area contributed by atoms with Crippen molar-refractivity contribution in [2.24, 2.45) is 0 Å². The van der Waals surface area contributed by atoms with Gasteiger partial charge in [-0.3, -0.25) is 10.1 Å². The zero-order valence-electron chi connectivity index (χ0n) is 10.5. The van der Waals surface area contributed by atoms with E-state index >= 15 is 0 Å². The smallest absolute Gasteiger partial charge is 0.202 e. The number of hydrogen-bond acceptors (Lipinski definition) is 3. The Morgan fingerprint density at radius 1 is 1.05 bits per heavy atom. The maximum Gasteiger partial charge on any atom is 0.202 e. The molecule has 3 rings (SSSR count). The minimum atomic E-state index is -0.981. The molecule has 3 nitrogen and oxygen atoms in total. The lowest BCUT2D eigenvalue weighted by molar-refractivity contribution is -0.128. The van der Waals surface area contributed by atoms with Crippen molar-refractivity contribution < 1.29 is 9.53 Å². The summed E-state index contributed by atoms with van der Waals surface area (Å²) in [6.07, 6.45) is 0.837. The van der Waals surface area contributed by atoms with E-state index in [0.717, 1.165) is 23.0 Å². The average Bonchev–Trinajstić information content (AvgIpc) is 2.98. The highest BCUT2D eigenvalue weighted by atomic mass is 16.5. The molecule has 2 aromatic rings. The highest BCUT2D eigenvalue weighted by Crippen LogP contribution is 2.28. The molecule has 0 bridgehead atoms. The molecule has 1 fully saturated rings. The second kappa shape index (κ2) is 4.96. The van der Waals surface area contributed by atoms with Gasteiger partial charge in [0.2, 0.25) is 5.72 Å². The van der Waals surface area contributed by atoms with E-state index < -0.39 is 5.72 Å². The molecule has 0 aliphatic carbocycles. The second-order valence-corrected chi connectivity index (χ2v) is 4.58. The summed E-state index contributed by atoms with van der Waals surface area (Å²) in [5, 5.41) is 3.12. The lowest BCUT2D eigenvalue weighted by Crippen LogP contribution is -2.39. The number of benzene rings is 2. The predicted octanol–water partition coefficient (Wildman–Crippen LogP) is 2.33. The number of nitrogens with one attached hydrogen (secondary N) is 1. The zero-order chi connectivity index (χ0) is 13.1. The molecule has 1 heterocycles. The van der Waals surface area contributed by atoms with E-state index in [2.05, 4.69) is 17.4 Å². The van der Waals surface area contributed by atoms with E-state index in [1.54, 1.807) is 0 Å². The van der Waals surface area contributed by atoms with E-state index in [1.165, 1.54) is 0 Å². The van der Waals surface area contributed by atoms with Gasteiger partial charge in [-0.2, -0.15) is 0 Å². The van der Waals surface area contributed by atoms with Crippen LogP contribution < -0.4 is 5.32 Å². The summed E-state index contributed by atoms with van der Waals surface area (Å²) in [4.78, 5) is 11.4. The van der Waals surface area contributed by atoms with Crippen LogP contribution in [0, 0.1) is 0 Å². The fourth-order valence-electron chi connectivity index (χ4n) is 2.39. The SMILES string of the molecule is O=CC1(c2cccc(-c3ccccc3)c2)NCCO1. The molecule has 1 aliphatic heterocycles. The zero-order valence-corrected chi connectivity index (χ0v) is 10.5.